The molecule has 0 unspecified atom stereocenters. The number of rotatable bonds is 17. The average Bonchev–Trinajstić information content (AvgIpc) is 1.22. The van der Waals surface area contributed by atoms with Crippen molar-refractivity contribution in [3.63, 3.8) is 0 Å². The first-order chi connectivity index (χ1) is 42.2. The van der Waals surface area contributed by atoms with Crippen molar-refractivity contribution < 1.29 is 9.47 Å². The number of benzene rings is 12. The Morgan fingerprint density at radius 3 is 0.895 bits per heavy atom. The number of fused-ring (bicyclic) bond motifs is 2. The third-order valence-electron chi connectivity index (χ3n) is 15.2. The predicted octanol–water partition coefficient (Wildman–Crippen LogP) is 21.6. The van der Waals surface area contributed by atoms with Gasteiger partial charge in [-0.1, -0.05) is 194 Å². The molecule has 0 aliphatic rings. The van der Waals surface area contributed by atoms with Gasteiger partial charge in [-0.2, -0.15) is 10.5 Å². The first-order valence-corrected chi connectivity index (χ1v) is 29.1. The summed E-state index contributed by atoms with van der Waals surface area (Å²) >= 11 is 0. The highest BCUT2D eigenvalue weighted by Gasteiger charge is 2.26. The SMILES string of the molecule is CC(C)Oc1c(/C=C(\C#N)c2ccc(-c3ccc(N(c4ccccc4)c4ccccc4)cc3)cc2)cc2ccccc2c1-c1c(OC(C)C)c(/C=C(\C#N)c2ccc(-c3ccc(N(c4ccccc4)c4ccccc4)cc3)cc2)cc2ccccc12. The smallest absolute Gasteiger partial charge is 0.135 e. The number of hydrogen-bond acceptors (Lipinski definition) is 6. The number of nitriles is 2. The lowest BCUT2D eigenvalue weighted by Gasteiger charge is -2.25. The lowest BCUT2D eigenvalue weighted by molar-refractivity contribution is 0.239. The number of anilines is 6. The van der Waals surface area contributed by atoms with Crippen molar-refractivity contribution in [2.24, 2.45) is 0 Å². The Hall–Kier alpha value is -11.2. The molecule has 12 rings (SSSR count). The maximum Gasteiger partial charge on any atom is 0.135 e. The molecule has 0 saturated carbocycles. The number of allylic oxidation sites excluding steroid dienone is 2. The summed E-state index contributed by atoms with van der Waals surface area (Å²) in [5, 5.41) is 26.0. The van der Waals surface area contributed by atoms with Gasteiger partial charge in [0.1, 0.15) is 11.5 Å². The summed E-state index contributed by atoms with van der Waals surface area (Å²) in [6.07, 6.45) is 3.42. The fourth-order valence-corrected chi connectivity index (χ4v) is 11.3. The van der Waals surface area contributed by atoms with Crippen molar-refractivity contribution >= 4 is 79.0 Å². The molecule has 0 saturated heterocycles. The summed E-state index contributed by atoms with van der Waals surface area (Å²) in [6.45, 7) is 8.10. The van der Waals surface area contributed by atoms with Gasteiger partial charge >= 0.3 is 0 Å². The Morgan fingerprint density at radius 2 is 0.605 bits per heavy atom. The number of para-hydroxylation sites is 4. The molecule has 0 aromatic heterocycles. The van der Waals surface area contributed by atoms with Crippen LogP contribution in [0, 0.1) is 22.7 Å². The maximum atomic E-state index is 11.0. The van der Waals surface area contributed by atoms with Gasteiger partial charge in [0.15, 0.2) is 0 Å². The van der Waals surface area contributed by atoms with Crippen LogP contribution in [0.3, 0.4) is 0 Å². The first-order valence-electron chi connectivity index (χ1n) is 29.1. The molecule has 0 radical (unpaired) electrons. The minimum atomic E-state index is -0.237. The van der Waals surface area contributed by atoms with Crippen molar-refractivity contribution in [1.82, 2.24) is 0 Å². The Balaban J connectivity index is 0.915. The van der Waals surface area contributed by atoms with Crippen LogP contribution in [-0.4, -0.2) is 12.2 Å². The van der Waals surface area contributed by atoms with Gasteiger partial charge < -0.3 is 19.3 Å². The Kier molecular flexibility index (Phi) is 16.2. The minimum absolute atomic E-state index is 0.237. The van der Waals surface area contributed by atoms with E-state index in [4.69, 9.17) is 9.47 Å². The lowest BCUT2D eigenvalue weighted by atomic mass is 9.87. The quantitative estimate of drug-likeness (QED) is 0.0668. The third-order valence-corrected chi connectivity index (χ3v) is 15.2. The largest absolute Gasteiger partial charge is 0.490 e. The maximum absolute atomic E-state index is 11.0. The van der Waals surface area contributed by atoms with Crippen LogP contribution in [0.25, 0.3) is 78.2 Å². The van der Waals surface area contributed by atoms with Crippen LogP contribution < -0.4 is 19.3 Å². The highest BCUT2D eigenvalue weighted by molar-refractivity contribution is 6.13. The number of hydrogen-bond donors (Lipinski definition) is 0. The fourth-order valence-electron chi connectivity index (χ4n) is 11.3. The molecule has 12 aromatic rings. The molecule has 86 heavy (non-hydrogen) atoms. The van der Waals surface area contributed by atoms with Crippen LogP contribution >= 0.6 is 0 Å². The van der Waals surface area contributed by atoms with Crippen molar-refractivity contribution in [3.05, 3.63) is 301 Å². The fraction of sp³-hybridized carbons (Fsp3) is 0.0750. The van der Waals surface area contributed by atoms with E-state index in [2.05, 4.69) is 228 Å². The molecule has 6 heteroatoms. The van der Waals surface area contributed by atoms with Crippen molar-refractivity contribution in [3.8, 4) is 57.0 Å². The van der Waals surface area contributed by atoms with Gasteiger partial charge in [0, 0.05) is 56.4 Å². The van der Waals surface area contributed by atoms with Crippen molar-refractivity contribution in [2.45, 2.75) is 39.9 Å². The summed E-state index contributed by atoms with van der Waals surface area (Å²) in [7, 11) is 0. The standard InChI is InChI=1S/C80H62N4O2/c1-55(2)85-79-65(51-67(53-81)61-37-33-57(34-38-61)59-41-45-73(46-42-59)83(69-23-9-5-10-24-69)70-25-11-6-12-26-70)49-63-21-17-19-31-75(63)77(79)78-76-32-20-18-22-64(76)50-66(80(78)86-56(3)4)52-68(54-82)62-39-35-58(36-40-62)60-43-47-74(48-44-60)84(71-27-13-7-14-28-71)72-29-15-8-16-30-72/h5-52,55-56H,1-4H3/b67-51+,68-52+. The second-order valence-electron chi connectivity index (χ2n) is 21.7. The molecule has 6 nitrogen and oxygen atoms in total. The van der Waals surface area contributed by atoms with Gasteiger partial charge in [0.2, 0.25) is 0 Å². The molecule has 0 heterocycles. The van der Waals surface area contributed by atoms with E-state index >= 15 is 0 Å². The molecule has 0 N–H and O–H groups in total. The molecular formula is C80H62N4O2. The van der Waals surface area contributed by atoms with Crippen LogP contribution in [0.5, 0.6) is 11.5 Å². The predicted molar refractivity (Wildman–Crippen MR) is 359 cm³/mol. The van der Waals surface area contributed by atoms with E-state index in [1.165, 1.54) is 0 Å². The van der Waals surface area contributed by atoms with Crippen LogP contribution in [-0.2, 0) is 0 Å². The first kappa shape index (κ1) is 55.4. The molecule has 12 aromatic carbocycles. The normalized spacial score (nSPS) is 11.6. The van der Waals surface area contributed by atoms with E-state index in [0.29, 0.717) is 22.6 Å². The molecule has 0 spiro atoms. The zero-order valence-electron chi connectivity index (χ0n) is 48.5. The van der Waals surface area contributed by atoms with Crippen molar-refractivity contribution in [1.29, 1.82) is 10.5 Å². The van der Waals surface area contributed by atoms with E-state index in [9.17, 15) is 10.5 Å². The molecule has 0 bridgehead atoms. The van der Waals surface area contributed by atoms with E-state index in [1.54, 1.807) is 0 Å². The third kappa shape index (κ3) is 11.7. The topological polar surface area (TPSA) is 72.5 Å². The molecule has 0 aliphatic heterocycles. The highest BCUT2D eigenvalue weighted by atomic mass is 16.5. The van der Waals surface area contributed by atoms with Crippen molar-refractivity contribution in [2.75, 3.05) is 9.80 Å². The van der Waals surface area contributed by atoms with Gasteiger partial charge in [-0.05, 0) is 180 Å². The van der Waals surface area contributed by atoms with E-state index < -0.39 is 0 Å². The Bertz CT molecular complexity index is 4120. The van der Waals surface area contributed by atoms with Crippen LogP contribution in [0.2, 0.25) is 0 Å². The summed E-state index contributed by atoms with van der Waals surface area (Å²) in [5.74, 6) is 1.25. The molecular weight excluding hydrogens is 1050 g/mol. The monoisotopic (exact) mass is 1110 g/mol. The number of ether oxygens (including phenoxy) is 2. The number of nitrogens with zero attached hydrogens (tertiary/aromatic N) is 4. The second kappa shape index (κ2) is 25.1. The Labute approximate surface area is 504 Å². The van der Waals surface area contributed by atoms with Crippen LogP contribution in [0.15, 0.2) is 279 Å². The zero-order valence-corrected chi connectivity index (χ0v) is 48.5. The summed E-state index contributed by atoms with van der Waals surface area (Å²) in [4.78, 5) is 4.50. The average molecular weight is 1110 g/mol. The summed E-state index contributed by atoms with van der Waals surface area (Å²) in [5.41, 5.74) is 16.3. The van der Waals surface area contributed by atoms with Gasteiger partial charge in [0.05, 0.1) is 35.5 Å². The van der Waals surface area contributed by atoms with Gasteiger partial charge in [-0.15, -0.1) is 0 Å². The van der Waals surface area contributed by atoms with E-state index in [1.807, 2.05) is 113 Å². The molecule has 414 valence electrons. The van der Waals surface area contributed by atoms with E-state index in [-0.39, 0.29) is 12.2 Å². The van der Waals surface area contributed by atoms with Crippen LogP contribution in [0.4, 0.5) is 34.1 Å². The molecule has 0 aliphatic carbocycles. The highest BCUT2D eigenvalue weighted by Crippen LogP contribution is 2.51. The Morgan fingerprint density at radius 1 is 0.337 bits per heavy atom. The van der Waals surface area contributed by atoms with E-state index in [0.717, 1.165) is 111 Å². The van der Waals surface area contributed by atoms with Gasteiger partial charge in [-0.25, -0.2) is 0 Å². The molecule has 0 fully saturated rings. The van der Waals surface area contributed by atoms with Gasteiger partial charge in [-0.3, -0.25) is 0 Å². The van der Waals surface area contributed by atoms with Crippen LogP contribution in [0.1, 0.15) is 49.9 Å². The summed E-state index contributed by atoms with van der Waals surface area (Å²) in [6, 6.07) is 101. The lowest BCUT2D eigenvalue weighted by Crippen LogP contribution is -2.11. The minimum Gasteiger partial charge on any atom is -0.490 e. The molecule has 0 amide bonds. The van der Waals surface area contributed by atoms with Gasteiger partial charge in [0.25, 0.3) is 0 Å². The second-order valence-corrected chi connectivity index (χ2v) is 21.7. The summed E-state index contributed by atoms with van der Waals surface area (Å²) < 4.78 is 14.0. The molecule has 0 atom stereocenters. The zero-order chi connectivity index (χ0) is 58.9.